The summed E-state index contributed by atoms with van der Waals surface area (Å²) in [5.74, 6) is 0. The second kappa shape index (κ2) is 4.95. The Bertz CT molecular complexity index is 327. The van der Waals surface area contributed by atoms with E-state index in [0.29, 0.717) is 11.2 Å². The highest BCUT2D eigenvalue weighted by atomic mass is 35.5. The summed E-state index contributed by atoms with van der Waals surface area (Å²) in [5.41, 5.74) is 1.08. The molecule has 1 unspecified atom stereocenters. The third kappa shape index (κ3) is 2.93. The highest BCUT2D eigenvalue weighted by Gasteiger charge is 2.18. The molecule has 0 aromatic carbocycles. The fraction of sp³-hybridized carbons (Fsp3) is 0.583. The summed E-state index contributed by atoms with van der Waals surface area (Å²) in [6.45, 7) is 4.42. The van der Waals surface area contributed by atoms with E-state index in [4.69, 9.17) is 11.6 Å². The molecule has 0 N–H and O–H groups in total. The number of piperidine rings is 1. The molecule has 1 aromatic heterocycles. The van der Waals surface area contributed by atoms with Crippen molar-refractivity contribution >= 4 is 11.6 Å². The Kier molecular flexibility index (Phi) is 3.60. The van der Waals surface area contributed by atoms with Crippen molar-refractivity contribution in [1.82, 2.24) is 9.88 Å². The summed E-state index contributed by atoms with van der Waals surface area (Å²) in [6, 6.07) is 6.52. The lowest BCUT2D eigenvalue weighted by molar-refractivity contribution is 0.151. The predicted octanol–water partition coefficient (Wildman–Crippen LogP) is 3.11. The molecule has 15 heavy (non-hydrogen) atoms. The van der Waals surface area contributed by atoms with Gasteiger partial charge in [-0.25, -0.2) is 4.98 Å². The van der Waals surface area contributed by atoms with E-state index in [1.807, 2.05) is 18.2 Å². The van der Waals surface area contributed by atoms with Gasteiger partial charge in [0.2, 0.25) is 0 Å². The molecule has 2 nitrogen and oxygen atoms in total. The number of rotatable bonds is 2. The fourth-order valence-corrected chi connectivity index (χ4v) is 2.32. The van der Waals surface area contributed by atoms with Crippen LogP contribution in [0.5, 0.6) is 0 Å². The molecule has 82 valence electrons. The van der Waals surface area contributed by atoms with Crippen molar-refractivity contribution in [3.05, 3.63) is 29.0 Å². The minimum absolute atomic E-state index is 0.595. The van der Waals surface area contributed by atoms with Crippen LogP contribution in [0.3, 0.4) is 0 Å². The van der Waals surface area contributed by atoms with Gasteiger partial charge < -0.3 is 0 Å². The molecular weight excluding hydrogens is 208 g/mol. The second-order valence-corrected chi connectivity index (χ2v) is 4.65. The zero-order chi connectivity index (χ0) is 10.7. The average Bonchev–Trinajstić information content (AvgIpc) is 2.22. The molecule has 1 aliphatic rings. The van der Waals surface area contributed by atoms with Crippen molar-refractivity contribution in [2.45, 2.75) is 38.8 Å². The van der Waals surface area contributed by atoms with Gasteiger partial charge in [-0.2, -0.15) is 0 Å². The van der Waals surface area contributed by atoms with Crippen LogP contribution >= 0.6 is 11.6 Å². The van der Waals surface area contributed by atoms with E-state index in [2.05, 4.69) is 16.8 Å². The highest BCUT2D eigenvalue weighted by molar-refractivity contribution is 6.29. The smallest absolute Gasteiger partial charge is 0.129 e. The largest absolute Gasteiger partial charge is 0.295 e. The highest BCUT2D eigenvalue weighted by Crippen LogP contribution is 2.18. The Labute approximate surface area is 96.3 Å². The third-order valence-electron chi connectivity index (χ3n) is 3.08. The molecule has 3 heteroatoms. The molecule has 1 aromatic rings. The van der Waals surface area contributed by atoms with E-state index in [1.165, 1.54) is 25.8 Å². The summed E-state index contributed by atoms with van der Waals surface area (Å²) in [6.07, 6.45) is 3.98. The predicted molar refractivity (Wildman–Crippen MR) is 63.0 cm³/mol. The number of nitrogens with zero attached hydrogens (tertiary/aromatic N) is 2. The van der Waals surface area contributed by atoms with Gasteiger partial charge >= 0.3 is 0 Å². The Morgan fingerprint density at radius 2 is 2.33 bits per heavy atom. The lowest BCUT2D eigenvalue weighted by Gasteiger charge is -2.32. The van der Waals surface area contributed by atoms with Gasteiger partial charge in [0.15, 0.2) is 0 Å². The van der Waals surface area contributed by atoms with Gasteiger partial charge in [-0.1, -0.05) is 24.1 Å². The summed E-state index contributed by atoms with van der Waals surface area (Å²) in [7, 11) is 0. The van der Waals surface area contributed by atoms with E-state index in [9.17, 15) is 0 Å². The Morgan fingerprint density at radius 1 is 1.47 bits per heavy atom. The topological polar surface area (TPSA) is 16.1 Å². The molecular formula is C12H17ClN2. The van der Waals surface area contributed by atoms with Crippen LogP contribution in [-0.4, -0.2) is 22.5 Å². The first-order valence-electron chi connectivity index (χ1n) is 5.61. The maximum Gasteiger partial charge on any atom is 0.129 e. The standard InChI is InChI=1S/C12H17ClN2/c1-10-5-2-3-8-15(10)9-11-6-4-7-12(13)14-11/h4,6-7,10H,2-3,5,8-9H2,1H3. The van der Waals surface area contributed by atoms with Gasteiger partial charge in [-0.05, 0) is 38.4 Å². The minimum atomic E-state index is 0.595. The van der Waals surface area contributed by atoms with Gasteiger partial charge in [0.1, 0.15) is 5.15 Å². The summed E-state index contributed by atoms with van der Waals surface area (Å²) < 4.78 is 0. The van der Waals surface area contributed by atoms with Crippen molar-refractivity contribution in [1.29, 1.82) is 0 Å². The first kappa shape index (κ1) is 10.9. The molecule has 0 radical (unpaired) electrons. The van der Waals surface area contributed by atoms with Gasteiger partial charge in [0.05, 0.1) is 5.69 Å². The van der Waals surface area contributed by atoms with Crippen LogP contribution in [0.15, 0.2) is 18.2 Å². The first-order chi connectivity index (χ1) is 7.25. The van der Waals surface area contributed by atoms with Crippen molar-refractivity contribution in [3.63, 3.8) is 0 Å². The summed E-state index contributed by atoms with van der Waals surface area (Å²) in [5, 5.41) is 0.595. The lowest BCUT2D eigenvalue weighted by Crippen LogP contribution is -2.36. The van der Waals surface area contributed by atoms with Crippen LogP contribution in [0.1, 0.15) is 31.9 Å². The Morgan fingerprint density at radius 3 is 3.07 bits per heavy atom. The Balaban J connectivity index is 2.01. The molecule has 0 aliphatic carbocycles. The normalized spacial score (nSPS) is 22.9. The SMILES string of the molecule is CC1CCCCN1Cc1cccc(Cl)n1. The minimum Gasteiger partial charge on any atom is -0.295 e. The van der Waals surface area contributed by atoms with Crippen LogP contribution in [0, 0.1) is 0 Å². The van der Waals surface area contributed by atoms with Gasteiger partial charge in [-0.3, -0.25) is 4.90 Å². The number of hydrogen-bond acceptors (Lipinski definition) is 2. The molecule has 0 saturated carbocycles. The first-order valence-corrected chi connectivity index (χ1v) is 5.99. The van der Waals surface area contributed by atoms with E-state index >= 15 is 0 Å². The molecule has 0 bridgehead atoms. The second-order valence-electron chi connectivity index (χ2n) is 4.27. The number of aromatic nitrogens is 1. The van der Waals surface area contributed by atoms with Crippen molar-refractivity contribution in [2.75, 3.05) is 6.54 Å². The van der Waals surface area contributed by atoms with Crippen LogP contribution < -0.4 is 0 Å². The van der Waals surface area contributed by atoms with Crippen LogP contribution in [0.4, 0.5) is 0 Å². The quantitative estimate of drug-likeness (QED) is 0.718. The summed E-state index contributed by atoms with van der Waals surface area (Å²) in [4.78, 5) is 6.81. The van der Waals surface area contributed by atoms with Gasteiger partial charge in [0, 0.05) is 12.6 Å². The lowest BCUT2D eigenvalue weighted by atomic mass is 10.0. The molecule has 2 heterocycles. The van der Waals surface area contributed by atoms with E-state index in [1.54, 1.807) is 0 Å². The maximum absolute atomic E-state index is 5.87. The third-order valence-corrected chi connectivity index (χ3v) is 3.29. The van der Waals surface area contributed by atoms with E-state index in [-0.39, 0.29) is 0 Å². The fourth-order valence-electron chi connectivity index (χ4n) is 2.14. The van der Waals surface area contributed by atoms with E-state index in [0.717, 1.165) is 12.2 Å². The average molecular weight is 225 g/mol. The molecule has 1 fully saturated rings. The maximum atomic E-state index is 5.87. The molecule has 2 rings (SSSR count). The van der Waals surface area contributed by atoms with Crippen LogP contribution in [-0.2, 0) is 6.54 Å². The van der Waals surface area contributed by atoms with Crippen molar-refractivity contribution < 1.29 is 0 Å². The molecule has 1 saturated heterocycles. The number of likely N-dealkylation sites (tertiary alicyclic amines) is 1. The van der Waals surface area contributed by atoms with Crippen molar-refractivity contribution in [2.24, 2.45) is 0 Å². The van der Waals surface area contributed by atoms with Gasteiger partial charge in [0.25, 0.3) is 0 Å². The molecule has 1 atom stereocenters. The summed E-state index contributed by atoms with van der Waals surface area (Å²) >= 11 is 5.87. The van der Waals surface area contributed by atoms with Gasteiger partial charge in [-0.15, -0.1) is 0 Å². The molecule has 0 spiro atoms. The molecule has 1 aliphatic heterocycles. The van der Waals surface area contributed by atoms with Crippen molar-refractivity contribution in [3.8, 4) is 0 Å². The number of hydrogen-bond donors (Lipinski definition) is 0. The van der Waals surface area contributed by atoms with E-state index < -0.39 is 0 Å². The molecule has 0 amide bonds. The van der Waals surface area contributed by atoms with Crippen LogP contribution in [0.2, 0.25) is 5.15 Å². The number of pyridine rings is 1. The zero-order valence-electron chi connectivity index (χ0n) is 9.12. The van der Waals surface area contributed by atoms with Crippen LogP contribution in [0.25, 0.3) is 0 Å². The number of halogens is 1. The Hall–Kier alpha value is -0.600. The zero-order valence-corrected chi connectivity index (χ0v) is 9.87. The monoisotopic (exact) mass is 224 g/mol.